The van der Waals surface area contributed by atoms with Crippen LogP contribution in [0.3, 0.4) is 0 Å². The molecule has 0 bridgehead atoms. The van der Waals surface area contributed by atoms with Crippen LogP contribution in [0.2, 0.25) is 0 Å². The highest BCUT2D eigenvalue weighted by Gasteiger charge is 2.29. The monoisotopic (exact) mass is 332 g/mol. The summed E-state index contributed by atoms with van der Waals surface area (Å²) in [6.07, 6.45) is -0.429. The summed E-state index contributed by atoms with van der Waals surface area (Å²) in [4.78, 5) is 16.6. The molecule has 1 heterocycles. The summed E-state index contributed by atoms with van der Waals surface area (Å²) in [6, 6.07) is 7.88. The van der Waals surface area contributed by atoms with Crippen molar-refractivity contribution in [2.24, 2.45) is 4.99 Å². The summed E-state index contributed by atoms with van der Waals surface area (Å²) in [7, 11) is 0. The molecule has 0 aromatic heterocycles. The minimum atomic E-state index is -0.543. The van der Waals surface area contributed by atoms with E-state index >= 15 is 0 Å². The van der Waals surface area contributed by atoms with Gasteiger partial charge in [-0.15, -0.1) is 0 Å². The van der Waals surface area contributed by atoms with Crippen molar-refractivity contribution in [2.75, 3.05) is 6.61 Å². The van der Waals surface area contributed by atoms with Gasteiger partial charge in [0.1, 0.15) is 12.2 Å². The highest BCUT2D eigenvalue weighted by Crippen LogP contribution is 2.24. The zero-order valence-corrected chi connectivity index (χ0v) is 15.7. The molecule has 0 atom stereocenters. The van der Waals surface area contributed by atoms with E-state index in [0.29, 0.717) is 12.5 Å². The molecule has 0 saturated carbocycles. The Morgan fingerprint density at radius 1 is 1.17 bits per heavy atom. The molecule has 24 heavy (non-hydrogen) atoms. The van der Waals surface area contributed by atoms with Gasteiger partial charge in [0.25, 0.3) is 0 Å². The van der Waals surface area contributed by atoms with Crippen molar-refractivity contribution in [3.63, 3.8) is 0 Å². The van der Waals surface area contributed by atoms with Crippen LogP contribution in [0.4, 0.5) is 4.79 Å². The van der Waals surface area contributed by atoms with Gasteiger partial charge in [0.2, 0.25) is 5.90 Å². The van der Waals surface area contributed by atoms with Crippen LogP contribution in [0.25, 0.3) is 0 Å². The number of ether oxygens (including phenoxy) is 2. The predicted octanol–water partition coefficient (Wildman–Crippen LogP) is 4.00. The van der Waals surface area contributed by atoms with Crippen LogP contribution in [0.15, 0.2) is 29.3 Å². The number of hydrogen-bond acceptors (Lipinski definition) is 4. The number of alkyl carbamates (subject to hydrolysis) is 1. The largest absolute Gasteiger partial charge is 0.475 e. The van der Waals surface area contributed by atoms with Crippen LogP contribution in [-0.4, -0.2) is 29.7 Å². The average molecular weight is 332 g/mol. The molecule has 1 aromatic carbocycles. The third kappa shape index (κ3) is 4.73. The summed E-state index contributed by atoms with van der Waals surface area (Å²) in [5.41, 5.74) is 0.686. The first-order valence-electron chi connectivity index (χ1n) is 8.23. The lowest BCUT2D eigenvalue weighted by Gasteiger charge is -2.29. The van der Waals surface area contributed by atoms with Gasteiger partial charge in [0.15, 0.2) is 0 Å². The normalized spacial score (nSPS) is 17.0. The molecule has 0 radical (unpaired) electrons. The second kappa shape index (κ2) is 6.11. The zero-order valence-electron chi connectivity index (χ0n) is 15.7. The third-order valence-corrected chi connectivity index (χ3v) is 3.63. The Labute approximate surface area is 144 Å². The Hall–Kier alpha value is -2.04. The van der Waals surface area contributed by atoms with Crippen LogP contribution in [0.5, 0.6) is 0 Å². The Bertz CT molecular complexity index is 638. The molecule has 0 fully saturated rings. The van der Waals surface area contributed by atoms with Crippen molar-refractivity contribution in [2.45, 2.75) is 65.1 Å². The van der Waals surface area contributed by atoms with E-state index in [1.54, 1.807) is 0 Å². The number of carbonyl (C=O) groups excluding carboxylic acids is 1. The van der Waals surface area contributed by atoms with E-state index in [9.17, 15) is 4.79 Å². The molecular formula is C19H28N2O3. The highest BCUT2D eigenvalue weighted by molar-refractivity contribution is 5.95. The van der Waals surface area contributed by atoms with Crippen molar-refractivity contribution >= 4 is 12.0 Å². The third-order valence-electron chi connectivity index (χ3n) is 3.63. The summed E-state index contributed by atoms with van der Waals surface area (Å²) < 4.78 is 11.0. The van der Waals surface area contributed by atoms with E-state index in [1.807, 2.05) is 72.7 Å². The van der Waals surface area contributed by atoms with Crippen molar-refractivity contribution in [3.8, 4) is 0 Å². The van der Waals surface area contributed by atoms with Gasteiger partial charge < -0.3 is 14.8 Å². The lowest BCUT2D eigenvalue weighted by atomic mass is 9.93. The molecule has 1 amide bonds. The number of rotatable bonds is 3. The van der Waals surface area contributed by atoms with Gasteiger partial charge in [-0.3, -0.25) is 0 Å². The number of nitrogens with zero attached hydrogens (tertiary/aromatic N) is 1. The van der Waals surface area contributed by atoms with Crippen LogP contribution in [0.1, 0.15) is 59.6 Å². The fraction of sp³-hybridized carbons (Fsp3) is 0.579. The van der Waals surface area contributed by atoms with Gasteiger partial charge in [-0.1, -0.05) is 12.1 Å². The average Bonchev–Trinajstić information content (AvgIpc) is 2.76. The van der Waals surface area contributed by atoms with E-state index in [0.717, 1.165) is 11.1 Å². The first kappa shape index (κ1) is 18.3. The van der Waals surface area contributed by atoms with Gasteiger partial charge in [0.05, 0.1) is 11.1 Å². The molecule has 2 rings (SSSR count). The molecule has 1 N–H and O–H groups in total. The number of hydrogen-bond donors (Lipinski definition) is 1. The summed E-state index contributed by atoms with van der Waals surface area (Å²) in [5.74, 6) is 0.671. The van der Waals surface area contributed by atoms with Gasteiger partial charge in [-0.25, -0.2) is 9.79 Å². The molecule has 132 valence electrons. The standard InChI is InChI=1S/C19H28N2O3/c1-17(2,3)24-16(22)21-19(6,7)14-10-8-13(9-11-14)15-20-18(4,5)12-23-15/h8-11H,12H2,1-7H3,(H,21,22). The fourth-order valence-electron chi connectivity index (χ4n) is 2.39. The SMILES string of the molecule is CC1(C)COC(c2ccc(C(C)(C)NC(=O)OC(C)(C)C)cc2)=N1. The van der Waals surface area contributed by atoms with Gasteiger partial charge in [-0.05, 0) is 66.2 Å². The van der Waals surface area contributed by atoms with Gasteiger partial charge in [0, 0.05) is 5.56 Å². The van der Waals surface area contributed by atoms with E-state index in [-0.39, 0.29) is 5.54 Å². The Morgan fingerprint density at radius 2 is 1.75 bits per heavy atom. The molecule has 5 nitrogen and oxygen atoms in total. The molecule has 1 aromatic rings. The van der Waals surface area contributed by atoms with Crippen molar-refractivity contribution in [1.82, 2.24) is 5.32 Å². The number of aliphatic imine (C=N–C) groups is 1. The van der Waals surface area contributed by atoms with Crippen LogP contribution in [-0.2, 0) is 15.0 Å². The van der Waals surface area contributed by atoms with Gasteiger partial charge in [-0.2, -0.15) is 0 Å². The summed E-state index contributed by atoms with van der Waals surface area (Å²) in [6.45, 7) is 14.1. The fourth-order valence-corrected chi connectivity index (χ4v) is 2.39. The molecular weight excluding hydrogens is 304 g/mol. The smallest absolute Gasteiger partial charge is 0.408 e. The number of carbonyl (C=O) groups is 1. The van der Waals surface area contributed by atoms with Gasteiger partial charge >= 0.3 is 6.09 Å². The maximum absolute atomic E-state index is 12.0. The highest BCUT2D eigenvalue weighted by atomic mass is 16.6. The Kier molecular flexibility index (Phi) is 4.66. The molecule has 1 aliphatic rings. The predicted molar refractivity (Wildman–Crippen MR) is 95.4 cm³/mol. The van der Waals surface area contributed by atoms with Crippen molar-refractivity contribution in [3.05, 3.63) is 35.4 Å². The first-order chi connectivity index (χ1) is 10.9. The minimum absolute atomic E-state index is 0.175. The van der Waals surface area contributed by atoms with Crippen LogP contribution in [0, 0.1) is 0 Å². The number of amides is 1. The lowest BCUT2D eigenvalue weighted by molar-refractivity contribution is 0.0470. The second-order valence-corrected chi connectivity index (χ2v) is 8.35. The Balaban J connectivity index is 2.10. The Morgan fingerprint density at radius 3 is 2.21 bits per heavy atom. The molecule has 0 spiro atoms. The van der Waals surface area contributed by atoms with E-state index < -0.39 is 17.2 Å². The topological polar surface area (TPSA) is 59.9 Å². The van der Waals surface area contributed by atoms with Crippen molar-refractivity contribution < 1.29 is 14.3 Å². The lowest BCUT2D eigenvalue weighted by Crippen LogP contribution is -2.43. The molecule has 5 heteroatoms. The molecule has 0 aliphatic carbocycles. The maximum atomic E-state index is 12.0. The molecule has 0 unspecified atom stereocenters. The number of nitrogens with one attached hydrogen (secondary N) is 1. The van der Waals surface area contributed by atoms with E-state index in [1.165, 1.54) is 0 Å². The zero-order chi connectivity index (χ0) is 18.2. The quantitative estimate of drug-likeness (QED) is 0.910. The first-order valence-corrected chi connectivity index (χ1v) is 8.23. The van der Waals surface area contributed by atoms with Crippen molar-refractivity contribution in [1.29, 1.82) is 0 Å². The van der Waals surface area contributed by atoms with E-state index in [2.05, 4.69) is 10.3 Å². The second-order valence-electron chi connectivity index (χ2n) is 8.35. The maximum Gasteiger partial charge on any atom is 0.408 e. The molecule has 0 saturated heterocycles. The summed E-state index contributed by atoms with van der Waals surface area (Å²) in [5, 5.41) is 2.91. The van der Waals surface area contributed by atoms with E-state index in [4.69, 9.17) is 9.47 Å². The number of benzene rings is 1. The minimum Gasteiger partial charge on any atom is -0.475 e. The van der Waals surface area contributed by atoms with Crippen LogP contribution >= 0.6 is 0 Å². The van der Waals surface area contributed by atoms with Crippen LogP contribution < -0.4 is 5.32 Å². The summed E-state index contributed by atoms with van der Waals surface area (Å²) >= 11 is 0. The molecule has 1 aliphatic heterocycles.